The fourth-order valence-corrected chi connectivity index (χ4v) is 3.95. The Kier molecular flexibility index (Phi) is 5.60. The van der Waals surface area contributed by atoms with E-state index in [0.29, 0.717) is 24.4 Å². The first-order chi connectivity index (χ1) is 14.1. The van der Waals surface area contributed by atoms with Crippen molar-refractivity contribution >= 4 is 18.2 Å². The van der Waals surface area contributed by atoms with Gasteiger partial charge in [0.05, 0.1) is 13.8 Å². The number of nitrogens with zero attached hydrogens (tertiary/aromatic N) is 3. The first kappa shape index (κ1) is 19.5. The lowest BCUT2D eigenvalue weighted by Gasteiger charge is -2.34. The summed E-state index contributed by atoms with van der Waals surface area (Å²) < 4.78 is 7.33. The average Bonchev–Trinajstić information content (AvgIpc) is 3.13. The molecule has 0 saturated carbocycles. The van der Waals surface area contributed by atoms with Crippen molar-refractivity contribution in [2.75, 3.05) is 7.11 Å². The Labute approximate surface area is 175 Å². The fourth-order valence-electron chi connectivity index (χ4n) is 3.76. The van der Waals surface area contributed by atoms with Crippen LogP contribution in [-0.2, 0) is 35.6 Å². The number of ether oxygens (including phenoxy) is 1. The number of carbonyl (C=O) groups excluding carboxylic acids is 1. The molecule has 6 nitrogen and oxygen atoms in total. The van der Waals surface area contributed by atoms with E-state index in [1.807, 2.05) is 28.9 Å². The normalized spacial score (nSPS) is 16.4. The van der Waals surface area contributed by atoms with Gasteiger partial charge in [-0.1, -0.05) is 55.5 Å². The van der Waals surface area contributed by atoms with Gasteiger partial charge < -0.3 is 4.74 Å². The lowest BCUT2D eigenvalue weighted by molar-refractivity contribution is -0.148. The number of hydrogen-bond donors (Lipinski definition) is 1. The van der Waals surface area contributed by atoms with Crippen LogP contribution in [-0.4, -0.2) is 38.8 Å². The molecule has 0 spiro atoms. The molecule has 1 atom stereocenters. The maximum atomic E-state index is 12.4. The van der Waals surface area contributed by atoms with E-state index in [4.69, 9.17) is 17.0 Å². The van der Waals surface area contributed by atoms with Crippen LogP contribution in [0.15, 0.2) is 48.5 Å². The topological polar surface area (TPSA) is 63.1 Å². The van der Waals surface area contributed by atoms with Crippen LogP contribution in [0.4, 0.5) is 0 Å². The second-order valence-electron chi connectivity index (χ2n) is 7.23. The molecule has 2 aromatic carbocycles. The highest BCUT2D eigenvalue weighted by atomic mass is 32.1. The van der Waals surface area contributed by atoms with Crippen molar-refractivity contribution in [1.82, 2.24) is 19.7 Å². The molecule has 0 amide bonds. The number of aromatic nitrogens is 3. The summed E-state index contributed by atoms with van der Waals surface area (Å²) in [5.74, 6) is 0.491. The smallest absolute Gasteiger partial charge is 0.323 e. The maximum Gasteiger partial charge on any atom is 0.323 e. The zero-order chi connectivity index (χ0) is 20.4. The van der Waals surface area contributed by atoms with Crippen molar-refractivity contribution in [1.29, 1.82) is 0 Å². The molecule has 1 aliphatic heterocycles. The molecule has 4 rings (SSSR count). The first-order valence-electron chi connectivity index (χ1n) is 9.74. The number of rotatable bonds is 5. The van der Waals surface area contributed by atoms with E-state index in [-0.39, 0.29) is 12.0 Å². The number of hydrogen-bond acceptors (Lipinski definition) is 5. The van der Waals surface area contributed by atoms with Gasteiger partial charge in [0, 0.05) is 12.1 Å². The van der Waals surface area contributed by atoms with Crippen LogP contribution < -0.4 is 0 Å². The SMILES string of the molecule is CCc1ccc(-c2nc(=S)n(CN3Cc4ccccc4C[C@@H]3C(=O)OC)[nH]2)cc1. The van der Waals surface area contributed by atoms with Gasteiger partial charge in [0.25, 0.3) is 0 Å². The summed E-state index contributed by atoms with van der Waals surface area (Å²) in [6.45, 7) is 3.22. The number of esters is 1. The van der Waals surface area contributed by atoms with Crippen LogP contribution >= 0.6 is 12.2 Å². The summed E-state index contributed by atoms with van der Waals surface area (Å²) in [5.41, 5.74) is 4.67. The summed E-state index contributed by atoms with van der Waals surface area (Å²) >= 11 is 5.48. The van der Waals surface area contributed by atoms with E-state index in [0.717, 1.165) is 17.8 Å². The number of H-pyrrole nitrogens is 1. The van der Waals surface area contributed by atoms with Gasteiger partial charge in [-0.25, -0.2) is 4.68 Å². The van der Waals surface area contributed by atoms with Gasteiger partial charge in [-0.2, -0.15) is 4.98 Å². The van der Waals surface area contributed by atoms with Gasteiger partial charge >= 0.3 is 5.97 Å². The summed E-state index contributed by atoms with van der Waals surface area (Å²) in [6, 6.07) is 16.1. The molecule has 150 valence electrons. The molecule has 0 unspecified atom stereocenters. The molecule has 2 heterocycles. The molecular weight excluding hydrogens is 384 g/mol. The third kappa shape index (κ3) is 4.02. The van der Waals surface area contributed by atoms with E-state index >= 15 is 0 Å². The molecule has 7 heteroatoms. The number of nitrogens with one attached hydrogen (secondary N) is 1. The summed E-state index contributed by atoms with van der Waals surface area (Å²) in [5, 5.41) is 3.29. The van der Waals surface area contributed by atoms with Gasteiger partial charge in [0.1, 0.15) is 6.04 Å². The lowest BCUT2D eigenvalue weighted by atomic mass is 9.94. The predicted octanol–water partition coefficient (Wildman–Crippen LogP) is 3.73. The van der Waals surface area contributed by atoms with Crippen LogP contribution in [0.3, 0.4) is 0 Å². The molecule has 0 radical (unpaired) electrons. The second-order valence-corrected chi connectivity index (χ2v) is 7.60. The molecule has 3 aromatic rings. The molecule has 0 saturated heterocycles. The molecule has 0 fully saturated rings. The van der Waals surface area contributed by atoms with E-state index in [1.165, 1.54) is 23.8 Å². The quantitative estimate of drug-likeness (QED) is 0.515. The molecule has 0 aliphatic carbocycles. The highest BCUT2D eigenvalue weighted by Gasteiger charge is 2.32. The summed E-state index contributed by atoms with van der Waals surface area (Å²) in [7, 11) is 1.43. The predicted molar refractivity (Wildman–Crippen MR) is 114 cm³/mol. The van der Waals surface area contributed by atoms with Crippen molar-refractivity contribution in [2.45, 2.75) is 39.0 Å². The minimum Gasteiger partial charge on any atom is -0.468 e. The Bertz CT molecular complexity index is 1070. The standard InChI is InChI=1S/C22H24N4O2S/c1-3-15-8-10-16(11-9-15)20-23-22(29)26(24-20)14-25-13-18-7-5-4-6-17(18)12-19(25)21(27)28-2/h4-11,19H,3,12-14H2,1-2H3,(H,23,24,29)/t19-/m1/s1. The Morgan fingerprint density at radius 3 is 2.62 bits per heavy atom. The minimum absolute atomic E-state index is 0.235. The van der Waals surface area contributed by atoms with E-state index in [2.05, 4.69) is 46.2 Å². The van der Waals surface area contributed by atoms with Crippen molar-refractivity contribution in [2.24, 2.45) is 0 Å². The average molecular weight is 409 g/mol. The minimum atomic E-state index is -0.354. The summed E-state index contributed by atoms with van der Waals surface area (Å²) in [6.07, 6.45) is 1.62. The van der Waals surface area contributed by atoms with Gasteiger partial charge in [-0.05, 0) is 41.7 Å². The molecule has 0 bridgehead atoms. The summed E-state index contributed by atoms with van der Waals surface area (Å²) in [4.78, 5) is 19.0. The Hall–Kier alpha value is -2.77. The zero-order valence-corrected chi connectivity index (χ0v) is 17.4. The third-order valence-electron chi connectivity index (χ3n) is 5.46. The molecular formula is C22H24N4O2S. The first-order valence-corrected chi connectivity index (χ1v) is 10.1. The van der Waals surface area contributed by atoms with Crippen LogP contribution in [0.25, 0.3) is 11.4 Å². The molecule has 1 aromatic heterocycles. The van der Waals surface area contributed by atoms with Gasteiger partial charge in [0.2, 0.25) is 4.77 Å². The Morgan fingerprint density at radius 2 is 1.93 bits per heavy atom. The number of aromatic amines is 1. The van der Waals surface area contributed by atoms with Crippen molar-refractivity contribution in [3.8, 4) is 11.4 Å². The largest absolute Gasteiger partial charge is 0.468 e. The van der Waals surface area contributed by atoms with Crippen LogP contribution in [0.1, 0.15) is 23.6 Å². The highest BCUT2D eigenvalue weighted by Crippen LogP contribution is 2.25. The number of fused-ring (bicyclic) bond motifs is 1. The van der Waals surface area contributed by atoms with E-state index < -0.39 is 0 Å². The van der Waals surface area contributed by atoms with Gasteiger partial charge in [-0.15, -0.1) is 0 Å². The fraction of sp³-hybridized carbons (Fsp3) is 0.318. The molecule has 1 aliphatic rings. The van der Waals surface area contributed by atoms with E-state index in [1.54, 1.807) is 0 Å². The van der Waals surface area contributed by atoms with Crippen molar-refractivity contribution in [3.05, 3.63) is 70.0 Å². The molecule has 1 N–H and O–H groups in total. The monoisotopic (exact) mass is 408 g/mol. The third-order valence-corrected chi connectivity index (χ3v) is 5.77. The zero-order valence-electron chi connectivity index (χ0n) is 16.6. The maximum absolute atomic E-state index is 12.4. The van der Waals surface area contributed by atoms with E-state index in [9.17, 15) is 4.79 Å². The highest BCUT2D eigenvalue weighted by molar-refractivity contribution is 7.71. The van der Waals surface area contributed by atoms with Crippen LogP contribution in [0.2, 0.25) is 0 Å². The lowest BCUT2D eigenvalue weighted by Crippen LogP contribution is -2.46. The van der Waals surface area contributed by atoms with Crippen LogP contribution in [0.5, 0.6) is 0 Å². The Balaban J connectivity index is 1.61. The second kappa shape index (κ2) is 8.31. The Morgan fingerprint density at radius 1 is 1.21 bits per heavy atom. The van der Waals surface area contributed by atoms with Crippen molar-refractivity contribution < 1.29 is 9.53 Å². The van der Waals surface area contributed by atoms with Crippen molar-refractivity contribution in [3.63, 3.8) is 0 Å². The van der Waals surface area contributed by atoms with Gasteiger partial charge in [-0.3, -0.25) is 14.8 Å². The number of aryl methyl sites for hydroxylation is 1. The molecule has 29 heavy (non-hydrogen) atoms. The van der Waals surface area contributed by atoms with Crippen LogP contribution in [0, 0.1) is 4.77 Å². The number of benzene rings is 2. The van der Waals surface area contributed by atoms with Gasteiger partial charge in [0.15, 0.2) is 5.82 Å². The number of carbonyl (C=O) groups is 1. The number of methoxy groups -OCH3 is 1.